The fourth-order valence-corrected chi connectivity index (χ4v) is 3.41. The van der Waals surface area contributed by atoms with Crippen molar-refractivity contribution >= 4 is 41.2 Å². The first-order chi connectivity index (χ1) is 13.8. The first-order valence-electron chi connectivity index (χ1n) is 9.15. The molecule has 0 unspecified atom stereocenters. The quantitative estimate of drug-likeness (QED) is 0.579. The number of likely N-dealkylation sites (N-methyl/N-ethyl adjacent to an activating group) is 1. The van der Waals surface area contributed by atoms with Gasteiger partial charge in [-0.1, -0.05) is 48.0 Å². The van der Waals surface area contributed by atoms with E-state index in [0.29, 0.717) is 29.2 Å². The van der Waals surface area contributed by atoms with Gasteiger partial charge in [-0.05, 0) is 31.0 Å². The number of nitrogens with zero attached hydrogens (tertiary/aromatic N) is 2. The van der Waals surface area contributed by atoms with Crippen molar-refractivity contribution in [2.75, 3.05) is 29.9 Å². The summed E-state index contributed by atoms with van der Waals surface area (Å²) in [6.07, 6.45) is 1.22. The van der Waals surface area contributed by atoms with E-state index in [9.17, 15) is 14.4 Å². The van der Waals surface area contributed by atoms with Gasteiger partial charge in [0.05, 0.1) is 22.9 Å². The fraction of sp³-hybridized carbons (Fsp3) is 0.286. The van der Waals surface area contributed by atoms with Crippen LogP contribution in [0, 0.1) is 0 Å². The van der Waals surface area contributed by atoms with Crippen LogP contribution in [0.2, 0.25) is 5.02 Å². The molecule has 3 amide bonds. The zero-order valence-electron chi connectivity index (χ0n) is 16.5. The van der Waals surface area contributed by atoms with Crippen molar-refractivity contribution in [1.82, 2.24) is 5.32 Å². The molecule has 29 heavy (non-hydrogen) atoms. The molecule has 0 saturated heterocycles. The van der Waals surface area contributed by atoms with Crippen LogP contribution in [0.15, 0.2) is 48.5 Å². The number of carbonyl (C=O) groups excluding carboxylic acids is 3. The van der Waals surface area contributed by atoms with Crippen LogP contribution in [0.5, 0.6) is 0 Å². The smallest absolute Gasteiger partial charge is 0.239 e. The van der Waals surface area contributed by atoms with Crippen LogP contribution in [-0.2, 0) is 20.8 Å². The molecule has 0 fully saturated rings. The maximum atomic E-state index is 12.5. The number of nitrogens with two attached hydrogens (primary N) is 1. The minimum atomic E-state index is -0.654. The highest BCUT2D eigenvalue weighted by Crippen LogP contribution is 2.35. The van der Waals surface area contributed by atoms with E-state index < -0.39 is 5.91 Å². The van der Waals surface area contributed by atoms with Crippen LogP contribution < -0.4 is 20.9 Å². The lowest BCUT2D eigenvalue weighted by Crippen LogP contribution is -2.41. The van der Waals surface area contributed by atoms with Crippen molar-refractivity contribution in [2.24, 2.45) is 5.73 Å². The number of benzene rings is 2. The Kier molecular flexibility index (Phi) is 8.03. The molecule has 0 saturated carbocycles. The number of carbonyl (C=O) groups is 3. The Labute approximate surface area is 175 Å². The summed E-state index contributed by atoms with van der Waals surface area (Å²) in [5, 5.41) is 3.32. The molecule has 0 aromatic heterocycles. The Balaban J connectivity index is 2.09. The Morgan fingerprint density at radius 3 is 2.45 bits per heavy atom. The summed E-state index contributed by atoms with van der Waals surface area (Å²) in [6, 6.07) is 14.8. The third-order valence-electron chi connectivity index (χ3n) is 4.28. The molecule has 0 aliphatic heterocycles. The highest BCUT2D eigenvalue weighted by Gasteiger charge is 2.20. The predicted octanol–water partition coefficient (Wildman–Crippen LogP) is 1.97. The van der Waals surface area contributed by atoms with E-state index in [4.69, 9.17) is 17.3 Å². The second-order valence-corrected chi connectivity index (χ2v) is 7.23. The van der Waals surface area contributed by atoms with Crippen LogP contribution in [0.1, 0.15) is 12.5 Å². The molecule has 3 N–H and O–H groups in total. The van der Waals surface area contributed by atoms with Gasteiger partial charge in [0, 0.05) is 13.1 Å². The second kappa shape index (κ2) is 10.5. The van der Waals surface area contributed by atoms with Gasteiger partial charge in [-0.2, -0.15) is 0 Å². The molecule has 2 aromatic rings. The monoisotopic (exact) mass is 416 g/mol. The summed E-state index contributed by atoms with van der Waals surface area (Å²) in [7, 11) is 1.69. The molecular weight excluding hydrogens is 392 g/mol. The molecule has 0 radical (unpaired) electrons. The highest BCUT2D eigenvalue weighted by molar-refractivity contribution is 6.34. The molecule has 154 valence electrons. The van der Waals surface area contributed by atoms with Gasteiger partial charge in [0.2, 0.25) is 18.2 Å². The lowest BCUT2D eigenvalue weighted by atomic mass is 10.1. The van der Waals surface area contributed by atoms with E-state index in [1.54, 1.807) is 30.1 Å². The topological polar surface area (TPSA) is 95.7 Å². The first-order valence-corrected chi connectivity index (χ1v) is 9.52. The molecule has 8 heteroatoms. The Morgan fingerprint density at radius 2 is 1.83 bits per heavy atom. The van der Waals surface area contributed by atoms with Crippen LogP contribution >= 0.6 is 11.6 Å². The number of rotatable bonds is 10. The molecule has 1 atom stereocenters. The maximum Gasteiger partial charge on any atom is 0.239 e. The lowest BCUT2D eigenvalue weighted by Gasteiger charge is -2.27. The number of hydrogen-bond donors (Lipinski definition) is 2. The summed E-state index contributed by atoms with van der Waals surface area (Å²) in [5.41, 5.74) is 7.22. The number of primary amides is 1. The van der Waals surface area contributed by atoms with Crippen LogP contribution in [0.3, 0.4) is 0 Å². The molecule has 2 aromatic carbocycles. The second-order valence-electron chi connectivity index (χ2n) is 6.82. The standard InChI is InChI=1S/C21H25ClN4O3/c1-15(11-16-7-4-3-5-8-16)24-20(29)13-25(2)21-17(22)9-6-10-18(21)26(14-27)12-19(23)28/h3-10,14-15H,11-13H2,1-2H3,(H2,23,28)(H,24,29)/t15-/m1/s1. The summed E-state index contributed by atoms with van der Waals surface area (Å²) >= 11 is 6.33. The molecule has 0 spiro atoms. The zero-order valence-corrected chi connectivity index (χ0v) is 17.2. The predicted molar refractivity (Wildman–Crippen MR) is 115 cm³/mol. The van der Waals surface area contributed by atoms with Gasteiger partial charge in [-0.15, -0.1) is 0 Å². The first kappa shape index (κ1) is 22.2. The molecule has 7 nitrogen and oxygen atoms in total. The van der Waals surface area contributed by atoms with Crippen molar-refractivity contribution in [3.05, 3.63) is 59.1 Å². The van der Waals surface area contributed by atoms with Crippen LogP contribution in [0.4, 0.5) is 11.4 Å². The molecule has 2 rings (SSSR count). The molecule has 0 heterocycles. The largest absolute Gasteiger partial charge is 0.368 e. The summed E-state index contributed by atoms with van der Waals surface area (Å²) in [6.45, 7) is 1.68. The van der Waals surface area contributed by atoms with Gasteiger partial charge in [-0.25, -0.2) is 0 Å². The minimum absolute atomic E-state index is 0.0269. The van der Waals surface area contributed by atoms with Gasteiger partial charge < -0.3 is 20.9 Å². The van der Waals surface area contributed by atoms with E-state index in [2.05, 4.69) is 5.32 Å². The highest BCUT2D eigenvalue weighted by atomic mass is 35.5. The zero-order chi connectivity index (χ0) is 21.4. The summed E-state index contributed by atoms with van der Waals surface area (Å²) < 4.78 is 0. The van der Waals surface area contributed by atoms with Crippen LogP contribution in [-0.4, -0.2) is 44.4 Å². The number of hydrogen-bond acceptors (Lipinski definition) is 4. The van der Waals surface area contributed by atoms with Gasteiger partial charge in [-0.3, -0.25) is 14.4 Å². The number of halogens is 1. The average Bonchev–Trinajstić information content (AvgIpc) is 2.66. The number of nitrogens with one attached hydrogen (secondary N) is 1. The number of para-hydroxylation sites is 1. The molecule has 0 aliphatic rings. The van der Waals surface area contributed by atoms with Gasteiger partial charge >= 0.3 is 0 Å². The summed E-state index contributed by atoms with van der Waals surface area (Å²) in [5.74, 6) is -0.840. The third-order valence-corrected chi connectivity index (χ3v) is 4.59. The number of amides is 3. The van der Waals surface area contributed by atoms with Crippen molar-refractivity contribution in [3.63, 3.8) is 0 Å². The van der Waals surface area contributed by atoms with Gasteiger partial charge in [0.1, 0.15) is 6.54 Å². The van der Waals surface area contributed by atoms with E-state index in [-0.39, 0.29) is 25.0 Å². The van der Waals surface area contributed by atoms with E-state index in [1.807, 2.05) is 37.3 Å². The average molecular weight is 417 g/mol. The van der Waals surface area contributed by atoms with Crippen molar-refractivity contribution in [3.8, 4) is 0 Å². The molecule has 0 bridgehead atoms. The number of anilines is 2. The minimum Gasteiger partial charge on any atom is -0.368 e. The van der Waals surface area contributed by atoms with Crippen LogP contribution in [0.25, 0.3) is 0 Å². The Hall–Kier alpha value is -3.06. The normalized spacial score (nSPS) is 11.4. The van der Waals surface area contributed by atoms with Crippen molar-refractivity contribution < 1.29 is 14.4 Å². The van der Waals surface area contributed by atoms with Gasteiger partial charge in [0.15, 0.2) is 0 Å². The fourth-order valence-electron chi connectivity index (χ4n) is 3.09. The molecular formula is C21H25ClN4O3. The molecule has 0 aliphatic carbocycles. The third kappa shape index (κ3) is 6.50. The Morgan fingerprint density at radius 1 is 1.14 bits per heavy atom. The Bertz CT molecular complexity index is 860. The summed E-state index contributed by atoms with van der Waals surface area (Å²) in [4.78, 5) is 38.0. The maximum absolute atomic E-state index is 12.5. The SMILES string of the molecule is C[C@H](Cc1ccccc1)NC(=O)CN(C)c1c(Cl)cccc1N(C=O)CC(N)=O. The van der Waals surface area contributed by atoms with Crippen molar-refractivity contribution in [2.45, 2.75) is 19.4 Å². The van der Waals surface area contributed by atoms with E-state index in [0.717, 1.165) is 10.5 Å². The van der Waals surface area contributed by atoms with E-state index in [1.165, 1.54) is 0 Å². The van der Waals surface area contributed by atoms with Gasteiger partial charge in [0.25, 0.3) is 0 Å². The van der Waals surface area contributed by atoms with E-state index >= 15 is 0 Å². The lowest BCUT2D eigenvalue weighted by molar-refractivity contribution is -0.120. The van der Waals surface area contributed by atoms with Crippen molar-refractivity contribution in [1.29, 1.82) is 0 Å².